The van der Waals surface area contributed by atoms with Gasteiger partial charge in [-0.2, -0.15) is 5.26 Å². The molecule has 34 heavy (non-hydrogen) atoms. The lowest BCUT2D eigenvalue weighted by molar-refractivity contribution is 0.644. The van der Waals surface area contributed by atoms with Gasteiger partial charge in [-0.1, -0.05) is 29.8 Å². The quantitative estimate of drug-likeness (QED) is 0.398. The molecule has 0 radical (unpaired) electrons. The molecule has 1 aliphatic heterocycles. The number of piperazine rings is 1. The molecule has 2 aromatic carbocycles. The van der Waals surface area contributed by atoms with Crippen molar-refractivity contribution in [1.29, 1.82) is 5.26 Å². The second-order valence-corrected chi connectivity index (χ2v) is 9.67. The third-order valence-corrected chi connectivity index (χ3v) is 7.03. The van der Waals surface area contributed by atoms with Crippen LogP contribution in [0.2, 0.25) is 5.02 Å². The monoisotopic (exact) mass is 470 g/mol. The maximum atomic E-state index is 9.36. The van der Waals surface area contributed by atoms with Crippen LogP contribution in [0.5, 0.6) is 0 Å². The van der Waals surface area contributed by atoms with E-state index in [2.05, 4.69) is 43.6 Å². The summed E-state index contributed by atoms with van der Waals surface area (Å²) in [5.41, 5.74) is 4.54. The van der Waals surface area contributed by atoms with E-state index in [4.69, 9.17) is 16.6 Å². The van der Waals surface area contributed by atoms with E-state index in [9.17, 15) is 5.26 Å². The minimum Gasteiger partial charge on any atom is -0.368 e. The van der Waals surface area contributed by atoms with Gasteiger partial charge in [-0.3, -0.25) is 0 Å². The lowest BCUT2D eigenvalue weighted by Gasteiger charge is -2.37. The van der Waals surface area contributed by atoms with Crippen molar-refractivity contribution in [2.45, 2.75) is 19.3 Å². The molecule has 0 saturated carbocycles. The number of hydrogen-bond donors (Lipinski definition) is 0. The number of halogens is 1. The Bertz CT molecular complexity index is 1370. The number of fused-ring (bicyclic) bond motifs is 1. The summed E-state index contributed by atoms with van der Waals surface area (Å²) >= 11 is 6.62. The van der Waals surface area contributed by atoms with Gasteiger partial charge in [-0.25, -0.2) is 9.97 Å². The first-order chi connectivity index (χ1) is 16.4. The molecule has 3 heterocycles. The van der Waals surface area contributed by atoms with Crippen LogP contribution in [0.4, 0.5) is 11.5 Å². The third-order valence-electron chi connectivity index (χ3n) is 6.70. The first-order valence-electron chi connectivity index (χ1n) is 11.5. The van der Waals surface area contributed by atoms with E-state index < -0.39 is 5.41 Å². The van der Waals surface area contributed by atoms with Crippen LogP contribution in [0.25, 0.3) is 22.4 Å². The van der Waals surface area contributed by atoms with Gasteiger partial charge in [0.15, 0.2) is 0 Å². The number of aryl methyl sites for hydroxylation is 1. The van der Waals surface area contributed by atoms with Crippen LogP contribution in [-0.2, 0) is 12.5 Å². The first-order valence-corrected chi connectivity index (χ1v) is 11.8. The summed E-state index contributed by atoms with van der Waals surface area (Å²) < 4.78 is 2.10. The number of para-hydroxylation sites is 2. The highest BCUT2D eigenvalue weighted by Gasteiger charge is 2.23. The maximum absolute atomic E-state index is 9.36. The lowest BCUT2D eigenvalue weighted by atomic mass is 9.88. The van der Waals surface area contributed by atoms with E-state index >= 15 is 0 Å². The average Bonchev–Trinajstić information content (AvgIpc) is 3.21. The Labute approximate surface area is 205 Å². The average molecular weight is 471 g/mol. The van der Waals surface area contributed by atoms with Crippen molar-refractivity contribution in [2.24, 2.45) is 7.05 Å². The van der Waals surface area contributed by atoms with Crippen LogP contribution < -0.4 is 9.80 Å². The molecule has 1 aliphatic rings. The normalized spacial score (nSPS) is 14.4. The number of rotatable bonds is 4. The number of imidazole rings is 1. The highest BCUT2D eigenvalue weighted by atomic mass is 35.5. The number of benzene rings is 2. The summed E-state index contributed by atoms with van der Waals surface area (Å²) in [5.74, 6) is 1.82. The van der Waals surface area contributed by atoms with E-state index in [-0.39, 0.29) is 0 Å². The molecule has 0 spiro atoms. The smallest absolute Gasteiger partial charge is 0.142 e. The Morgan fingerprint density at radius 2 is 1.71 bits per heavy atom. The van der Waals surface area contributed by atoms with Gasteiger partial charge in [0.2, 0.25) is 0 Å². The van der Waals surface area contributed by atoms with Crippen molar-refractivity contribution >= 4 is 34.1 Å². The molecule has 2 aromatic heterocycles. The van der Waals surface area contributed by atoms with Crippen LogP contribution in [0, 0.1) is 11.3 Å². The predicted octanol–water partition coefficient (Wildman–Crippen LogP) is 5.42. The maximum Gasteiger partial charge on any atom is 0.142 e. The number of aromatic nitrogens is 3. The van der Waals surface area contributed by atoms with E-state index in [1.807, 2.05) is 63.5 Å². The van der Waals surface area contributed by atoms with Gasteiger partial charge in [0, 0.05) is 50.7 Å². The van der Waals surface area contributed by atoms with Crippen molar-refractivity contribution < 1.29 is 0 Å². The Morgan fingerprint density at radius 3 is 2.38 bits per heavy atom. The predicted molar refractivity (Wildman–Crippen MR) is 138 cm³/mol. The van der Waals surface area contributed by atoms with Crippen LogP contribution in [0.1, 0.15) is 19.4 Å². The summed E-state index contributed by atoms with van der Waals surface area (Å²) in [7, 11) is 2.03. The summed E-state index contributed by atoms with van der Waals surface area (Å²) in [6.07, 6.45) is 1.83. The van der Waals surface area contributed by atoms with Crippen molar-refractivity contribution in [3.05, 3.63) is 71.4 Å². The molecule has 7 heteroatoms. The SMILES string of the molecule is Cn1c(-c2cc(N3CCN(c4ccc(C(C)(C)C#N)cn4)CC3)ccc2Cl)nc2ccccc21. The molecular formula is C27H27ClN6. The van der Waals surface area contributed by atoms with Crippen LogP contribution in [0.3, 0.4) is 0 Å². The van der Waals surface area contributed by atoms with E-state index in [1.54, 1.807) is 0 Å². The third kappa shape index (κ3) is 3.97. The van der Waals surface area contributed by atoms with Crippen LogP contribution >= 0.6 is 11.6 Å². The number of pyridine rings is 1. The van der Waals surface area contributed by atoms with Gasteiger partial charge < -0.3 is 14.4 Å². The molecule has 0 aliphatic carbocycles. The number of nitriles is 1. The highest BCUT2D eigenvalue weighted by Crippen LogP contribution is 2.33. The standard InChI is InChI=1S/C27H27ClN6/c1-27(2,18-29)19-8-11-25(30-17-19)34-14-12-33(13-15-34)20-9-10-22(28)21(16-20)26-31-23-6-4-5-7-24(23)32(26)3/h4-11,16-17H,12-15H2,1-3H3. The molecule has 1 saturated heterocycles. The molecule has 1 fully saturated rings. The fourth-order valence-electron chi connectivity index (χ4n) is 4.47. The lowest BCUT2D eigenvalue weighted by Crippen LogP contribution is -2.46. The van der Waals surface area contributed by atoms with Crippen molar-refractivity contribution in [3.63, 3.8) is 0 Å². The molecule has 0 amide bonds. The molecule has 6 nitrogen and oxygen atoms in total. The van der Waals surface area contributed by atoms with Gasteiger partial charge in [-0.05, 0) is 55.8 Å². The zero-order valence-corrected chi connectivity index (χ0v) is 20.4. The summed E-state index contributed by atoms with van der Waals surface area (Å²) in [5, 5.41) is 10.1. The minimum atomic E-state index is -0.532. The second kappa shape index (κ2) is 8.66. The van der Waals surface area contributed by atoms with Crippen LogP contribution in [-0.4, -0.2) is 40.7 Å². The zero-order chi connectivity index (χ0) is 23.9. The number of anilines is 2. The molecule has 0 N–H and O–H groups in total. The fourth-order valence-corrected chi connectivity index (χ4v) is 4.67. The van der Waals surface area contributed by atoms with Crippen molar-refractivity contribution in [2.75, 3.05) is 36.0 Å². The van der Waals surface area contributed by atoms with Gasteiger partial charge in [0.25, 0.3) is 0 Å². The Morgan fingerprint density at radius 1 is 0.971 bits per heavy atom. The van der Waals surface area contributed by atoms with E-state index in [0.717, 1.165) is 65.7 Å². The van der Waals surface area contributed by atoms with Crippen molar-refractivity contribution in [1.82, 2.24) is 14.5 Å². The Hall–Kier alpha value is -3.56. The Kier molecular flexibility index (Phi) is 5.66. The summed E-state index contributed by atoms with van der Waals surface area (Å²) in [6.45, 7) is 7.34. The summed E-state index contributed by atoms with van der Waals surface area (Å²) in [4.78, 5) is 14.1. The highest BCUT2D eigenvalue weighted by molar-refractivity contribution is 6.33. The topological polar surface area (TPSA) is 61.0 Å². The van der Waals surface area contributed by atoms with Crippen molar-refractivity contribution in [3.8, 4) is 17.5 Å². The van der Waals surface area contributed by atoms with Gasteiger partial charge in [-0.15, -0.1) is 0 Å². The summed E-state index contributed by atoms with van der Waals surface area (Å²) in [6, 6.07) is 20.7. The molecule has 4 aromatic rings. The van der Waals surface area contributed by atoms with Gasteiger partial charge in [0.1, 0.15) is 11.6 Å². The first kappa shape index (κ1) is 22.2. The minimum absolute atomic E-state index is 0.532. The fraction of sp³-hybridized carbons (Fsp3) is 0.296. The Balaban J connectivity index is 1.34. The molecule has 0 unspecified atom stereocenters. The van der Waals surface area contributed by atoms with E-state index in [0.29, 0.717) is 5.02 Å². The van der Waals surface area contributed by atoms with Gasteiger partial charge >= 0.3 is 0 Å². The number of nitrogens with zero attached hydrogens (tertiary/aromatic N) is 6. The molecule has 0 bridgehead atoms. The molecular weight excluding hydrogens is 444 g/mol. The second-order valence-electron chi connectivity index (χ2n) is 9.26. The zero-order valence-electron chi connectivity index (χ0n) is 19.7. The van der Waals surface area contributed by atoms with Crippen LogP contribution in [0.15, 0.2) is 60.8 Å². The van der Waals surface area contributed by atoms with Gasteiger partial charge in [0.05, 0.1) is 27.5 Å². The molecule has 172 valence electrons. The molecule has 0 atom stereocenters. The largest absolute Gasteiger partial charge is 0.368 e. The molecule has 5 rings (SSSR count). The van der Waals surface area contributed by atoms with E-state index in [1.165, 1.54) is 0 Å². The number of hydrogen-bond acceptors (Lipinski definition) is 5.